The minimum Gasteiger partial charge on any atom is -0.494 e. The second kappa shape index (κ2) is 6.93. The number of aromatic hydroxyl groups is 1. The molecule has 3 aromatic rings. The van der Waals surface area contributed by atoms with Crippen LogP contribution in [0.15, 0.2) is 64.4 Å². The SMILES string of the molecule is O=c1[nH]c(=S)[nH]c(O)c1C=Nc1ccc(Nc2ccccc2)cc1. The molecule has 7 heteroatoms. The smallest absolute Gasteiger partial charge is 0.264 e. The van der Waals surface area contributed by atoms with E-state index in [0.29, 0.717) is 5.69 Å². The summed E-state index contributed by atoms with van der Waals surface area (Å²) in [6.07, 6.45) is 1.29. The number of anilines is 2. The Labute approximate surface area is 142 Å². The first-order valence-corrected chi connectivity index (χ1v) is 7.54. The number of rotatable bonds is 4. The van der Waals surface area contributed by atoms with Gasteiger partial charge in [0.2, 0.25) is 5.88 Å². The summed E-state index contributed by atoms with van der Waals surface area (Å²) in [6, 6.07) is 17.2. The maximum Gasteiger partial charge on any atom is 0.264 e. The molecule has 0 aliphatic rings. The summed E-state index contributed by atoms with van der Waals surface area (Å²) >= 11 is 4.77. The van der Waals surface area contributed by atoms with E-state index in [1.165, 1.54) is 6.21 Å². The highest BCUT2D eigenvalue weighted by molar-refractivity contribution is 7.71. The van der Waals surface area contributed by atoms with Crippen molar-refractivity contribution in [3.05, 3.63) is 75.3 Å². The van der Waals surface area contributed by atoms with Crippen LogP contribution in [0.25, 0.3) is 0 Å². The lowest BCUT2D eigenvalue weighted by Crippen LogP contribution is -2.13. The number of hydrogen-bond acceptors (Lipinski definition) is 5. The Morgan fingerprint density at radius 1 is 1.00 bits per heavy atom. The van der Waals surface area contributed by atoms with Crippen LogP contribution in [0.5, 0.6) is 5.88 Å². The second-order valence-electron chi connectivity index (χ2n) is 4.97. The van der Waals surface area contributed by atoms with Crippen LogP contribution in [0.4, 0.5) is 17.1 Å². The average Bonchev–Trinajstić information content (AvgIpc) is 2.56. The Hall–Kier alpha value is -3.19. The largest absolute Gasteiger partial charge is 0.494 e. The lowest BCUT2D eigenvalue weighted by Gasteiger charge is -2.06. The Morgan fingerprint density at radius 2 is 1.67 bits per heavy atom. The van der Waals surface area contributed by atoms with Crippen LogP contribution in [-0.4, -0.2) is 21.3 Å². The quantitative estimate of drug-likeness (QED) is 0.432. The molecular weight excluding hydrogens is 324 g/mol. The van der Waals surface area contributed by atoms with Crippen molar-refractivity contribution in [2.45, 2.75) is 0 Å². The number of benzene rings is 2. The van der Waals surface area contributed by atoms with Crippen LogP contribution in [0.3, 0.4) is 0 Å². The summed E-state index contributed by atoms with van der Waals surface area (Å²) in [5.41, 5.74) is 2.08. The van der Waals surface area contributed by atoms with Gasteiger partial charge in [0.1, 0.15) is 5.56 Å². The number of para-hydroxylation sites is 1. The molecule has 0 spiro atoms. The Balaban J connectivity index is 1.77. The van der Waals surface area contributed by atoms with Gasteiger partial charge >= 0.3 is 0 Å². The standard InChI is InChI=1S/C17H14N4O2S/c22-15-14(16(23)21-17(24)20-15)10-18-11-6-8-13(9-7-11)19-12-4-2-1-3-5-12/h1-10,19H,(H3,20,21,22,23,24). The van der Waals surface area contributed by atoms with Crippen LogP contribution in [-0.2, 0) is 0 Å². The molecule has 24 heavy (non-hydrogen) atoms. The number of aliphatic imine (C=N–C) groups is 1. The van der Waals surface area contributed by atoms with Crippen molar-refractivity contribution in [2.75, 3.05) is 5.32 Å². The van der Waals surface area contributed by atoms with E-state index in [9.17, 15) is 9.90 Å². The van der Waals surface area contributed by atoms with Gasteiger partial charge in [0, 0.05) is 17.6 Å². The summed E-state index contributed by atoms with van der Waals surface area (Å²) in [6.45, 7) is 0. The molecule has 6 nitrogen and oxygen atoms in total. The van der Waals surface area contributed by atoms with Crippen LogP contribution < -0.4 is 10.9 Å². The minimum absolute atomic E-state index is 0.0232. The first-order chi connectivity index (χ1) is 11.6. The van der Waals surface area contributed by atoms with Crippen LogP contribution in [0.2, 0.25) is 0 Å². The van der Waals surface area contributed by atoms with E-state index in [2.05, 4.69) is 20.3 Å². The van der Waals surface area contributed by atoms with Gasteiger partial charge in [-0.2, -0.15) is 0 Å². The fraction of sp³-hybridized carbons (Fsp3) is 0. The number of nitrogens with zero attached hydrogens (tertiary/aromatic N) is 1. The van der Waals surface area contributed by atoms with Crippen molar-refractivity contribution < 1.29 is 5.11 Å². The van der Waals surface area contributed by atoms with E-state index in [-0.39, 0.29) is 16.2 Å². The Morgan fingerprint density at radius 3 is 2.33 bits per heavy atom. The third kappa shape index (κ3) is 3.76. The number of hydrogen-bond donors (Lipinski definition) is 4. The third-order valence-electron chi connectivity index (χ3n) is 3.23. The Kier molecular flexibility index (Phi) is 4.53. The molecular formula is C17H14N4O2S. The van der Waals surface area contributed by atoms with E-state index < -0.39 is 5.56 Å². The molecule has 0 saturated heterocycles. The van der Waals surface area contributed by atoms with Gasteiger partial charge in [0.25, 0.3) is 5.56 Å². The van der Waals surface area contributed by atoms with Crippen LogP contribution in [0, 0.1) is 4.77 Å². The van der Waals surface area contributed by atoms with Crippen molar-refractivity contribution in [1.29, 1.82) is 0 Å². The molecule has 0 bridgehead atoms. The molecule has 0 unspecified atom stereocenters. The van der Waals surface area contributed by atoms with Crippen molar-refractivity contribution in [2.24, 2.45) is 4.99 Å². The summed E-state index contributed by atoms with van der Waals surface area (Å²) in [7, 11) is 0. The van der Waals surface area contributed by atoms with Gasteiger partial charge in [-0.3, -0.25) is 14.8 Å². The topological polar surface area (TPSA) is 93.3 Å². The van der Waals surface area contributed by atoms with Gasteiger partial charge in [-0.25, -0.2) is 0 Å². The summed E-state index contributed by atoms with van der Waals surface area (Å²) in [5, 5.41) is 13.0. The second-order valence-corrected chi connectivity index (χ2v) is 5.37. The Bertz CT molecular complexity index is 976. The van der Waals surface area contributed by atoms with E-state index in [4.69, 9.17) is 12.2 Å². The van der Waals surface area contributed by atoms with Gasteiger partial charge in [-0.15, -0.1) is 0 Å². The lowest BCUT2D eigenvalue weighted by atomic mass is 10.2. The van der Waals surface area contributed by atoms with Gasteiger partial charge in [0.05, 0.1) is 5.69 Å². The van der Waals surface area contributed by atoms with Crippen molar-refractivity contribution in [3.63, 3.8) is 0 Å². The summed E-state index contributed by atoms with van der Waals surface area (Å²) in [4.78, 5) is 20.8. The predicted octanol–water partition coefficient (Wildman–Crippen LogP) is 3.63. The molecule has 1 aromatic heterocycles. The molecule has 1 heterocycles. The van der Waals surface area contributed by atoms with Crippen molar-refractivity contribution in [1.82, 2.24) is 9.97 Å². The van der Waals surface area contributed by atoms with Crippen LogP contribution >= 0.6 is 12.2 Å². The molecule has 4 N–H and O–H groups in total. The lowest BCUT2D eigenvalue weighted by molar-refractivity contribution is 0.449. The molecule has 0 amide bonds. The zero-order valence-electron chi connectivity index (χ0n) is 12.5. The first-order valence-electron chi connectivity index (χ1n) is 7.13. The molecule has 0 aliphatic heterocycles. The van der Waals surface area contributed by atoms with E-state index in [0.717, 1.165) is 11.4 Å². The summed E-state index contributed by atoms with van der Waals surface area (Å²) in [5.74, 6) is -0.310. The van der Waals surface area contributed by atoms with Crippen molar-refractivity contribution >= 4 is 35.5 Å². The van der Waals surface area contributed by atoms with Gasteiger partial charge in [-0.05, 0) is 48.6 Å². The van der Waals surface area contributed by atoms with Gasteiger partial charge in [-0.1, -0.05) is 18.2 Å². The van der Waals surface area contributed by atoms with Crippen LogP contribution in [0.1, 0.15) is 5.56 Å². The van der Waals surface area contributed by atoms with Crippen molar-refractivity contribution in [3.8, 4) is 5.88 Å². The third-order valence-corrected chi connectivity index (χ3v) is 3.44. The highest BCUT2D eigenvalue weighted by atomic mass is 32.1. The number of aromatic nitrogens is 2. The highest BCUT2D eigenvalue weighted by Crippen LogP contribution is 2.20. The molecule has 0 fully saturated rings. The summed E-state index contributed by atoms with van der Waals surface area (Å²) < 4.78 is 0.0611. The fourth-order valence-corrected chi connectivity index (χ4v) is 2.25. The maximum absolute atomic E-state index is 11.7. The number of nitrogens with one attached hydrogen (secondary N) is 3. The normalized spacial score (nSPS) is 10.8. The molecule has 2 aromatic carbocycles. The number of H-pyrrole nitrogens is 2. The molecule has 0 atom stereocenters. The molecule has 0 aliphatic carbocycles. The number of aromatic amines is 2. The molecule has 0 saturated carbocycles. The molecule has 120 valence electrons. The maximum atomic E-state index is 11.7. The van der Waals surface area contributed by atoms with E-state index in [1.54, 1.807) is 12.1 Å². The average molecular weight is 338 g/mol. The van der Waals surface area contributed by atoms with E-state index >= 15 is 0 Å². The van der Waals surface area contributed by atoms with E-state index in [1.807, 2.05) is 42.5 Å². The van der Waals surface area contributed by atoms with Gasteiger partial charge in [0.15, 0.2) is 4.77 Å². The fourth-order valence-electron chi connectivity index (χ4n) is 2.06. The first kappa shape index (κ1) is 15.7. The van der Waals surface area contributed by atoms with Gasteiger partial charge < -0.3 is 15.4 Å². The highest BCUT2D eigenvalue weighted by Gasteiger charge is 2.04. The molecule has 0 radical (unpaired) electrons. The monoisotopic (exact) mass is 338 g/mol. The molecule has 3 rings (SSSR count). The predicted molar refractivity (Wildman–Crippen MR) is 97.3 cm³/mol. The zero-order chi connectivity index (χ0) is 16.9. The minimum atomic E-state index is -0.498. The zero-order valence-corrected chi connectivity index (χ0v) is 13.3.